The molecular formula is C19H25FN2O. The number of amides is 1. The van der Waals surface area contributed by atoms with Crippen LogP contribution in [0.5, 0.6) is 0 Å². The van der Waals surface area contributed by atoms with Crippen molar-refractivity contribution < 1.29 is 9.18 Å². The molecule has 3 nitrogen and oxygen atoms in total. The highest BCUT2D eigenvalue weighted by molar-refractivity contribution is 5.80. The molecule has 0 aromatic heterocycles. The van der Waals surface area contributed by atoms with E-state index in [1.54, 1.807) is 12.1 Å². The van der Waals surface area contributed by atoms with Gasteiger partial charge in [0.2, 0.25) is 5.91 Å². The minimum atomic E-state index is -0.209. The zero-order valence-corrected chi connectivity index (χ0v) is 13.6. The van der Waals surface area contributed by atoms with Crippen molar-refractivity contribution in [3.63, 3.8) is 0 Å². The Morgan fingerprint density at radius 2 is 2.04 bits per heavy atom. The predicted molar refractivity (Wildman–Crippen MR) is 87.3 cm³/mol. The first kappa shape index (κ1) is 15.1. The molecule has 1 aromatic carbocycles. The quantitative estimate of drug-likeness (QED) is 0.852. The van der Waals surface area contributed by atoms with Crippen LogP contribution < -0.4 is 0 Å². The molecule has 3 fully saturated rings. The van der Waals surface area contributed by atoms with E-state index >= 15 is 0 Å². The van der Waals surface area contributed by atoms with E-state index in [9.17, 15) is 9.18 Å². The Kier molecular flexibility index (Phi) is 3.88. The Bertz CT molecular complexity index is 601. The summed E-state index contributed by atoms with van der Waals surface area (Å²) in [5, 5.41) is 0. The van der Waals surface area contributed by atoms with Gasteiger partial charge in [-0.2, -0.15) is 0 Å². The second-order valence-electron chi connectivity index (χ2n) is 7.59. The van der Waals surface area contributed by atoms with Gasteiger partial charge < -0.3 is 4.90 Å². The normalized spacial score (nSPS) is 28.7. The van der Waals surface area contributed by atoms with Gasteiger partial charge in [0.25, 0.3) is 0 Å². The molecule has 0 radical (unpaired) electrons. The molecule has 2 aliphatic heterocycles. The van der Waals surface area contributed by atoms with Gasteiger partial charge in [0.1, 0.15) is 5.82 Å². The molecule has 1 aromatic rings. The molecule has 23 heavy (non-hydrogen) atoms. The van der Waals surface area contributed by atoms with Crippen LogP contribution in [0.4, 0.5) is 4.39 Å². The number of carbonyl (C=O) groups is 1. The molecule has 2 saturated heterocycles. The van der Waals surface area contributed by atoms with Crippen LogP contribution in [0, 0.1) is 11.7 Å². The van der Waals surface area contributed by atoms with E-state index in [-0.39, 0.29) is 17.3 Å². The first-order valence-electron chi connectivity index (χ1n) is 8.93. The highest BCUT2D eigenvalue weighted by Crippen LogP contribution is 2.41. The molecule has 4 heteroatoms. The van der Waals surface area contributed by atoms with E-state index in [1.807, 2.05) is 11.0 Å². The molecule has 1 aliphatic carbocycles. The van der Waals surface area contributed by atoms with E-state index < -0.39 is 0 Å². The van der Waals surface area contributed by atoms with Gasteiger partial charge in [0, 0.05) is 37.2 Å². The Hall–Kier alpha value is -1.42. The average Bonchev–Trinajstić information content (AvgIpc) is 3.30. The fourth-order valence-electron chi connectivity index (χ4n) is 4.30. The van der Waals surface area contributed by atoms with Gasteiger partial charge in [-0.1, -0.05) is 24.6 Å². The lowest BCUT2D eigenvalue weighted by Gasteiger charge is -2.44. The van der Waals surface area contributed by atoms with Crippen LogP contribution in [0.2, 0.25) is 0 Å². The topological polar surface area (TPSA) is 23.6 Å². The molecule has 1 amide bonds. The van der Waals surface area contributed by atoms with Crippen LogP contribution in [0.3, 0.4) is 0 Å². The predicted octanol–water partition coefficient (Wildman–Crippen LogP) is 3.19. The van der Waals surface area contributed by atoms with Crippen molar-refractivity contribution in [2.24, 2.45) is 5.92 Å². The summed E-state index contributed by atoms with van der Waals surface area (Å²) in [5.74, 6) is 0.830. The number of piperidine rings is 1. The highest BCUT2D eigenvalue weighted by Gasteiger charge is 2.49. The average molecular weight is 316 g/mol. The van der Waals surface area contributed by atoms with E-state index in [4.69, 9.17) is 0 Å². The standard InChI is InChI=1S/C19H25FN2O/c20-17-6-2-1-5-16(17)13-21-14-19(11-18(21)23)9-3-4-10-22(19)12-15-7-8-15/h1-2,5-6,15H,3-4,7-14H2. The lowest BCUT2D eigenvalue weighted by atomic mass is 9.85. The molecule has 1 spiro atoms. The monoisotopic (exact) mass is 316 g/mol. The number of rotatable bonds is 4. The van der Waals surface area contributed by atoms with Crippen molar-refractivity contribution in [3.05, 3.63) is 35.6 Å². The van der Waals surface area contributed by atoms with Gasteiger partial charge in [0.05, 0.1) is 0 Å². The molecule has 1 unspecified atom stereocenters. The summed E-state index contributed by atoms with van der Waals surface area (Å²) in [7, 11) is 0. The maximum atomic E-state index is 13.9. The Morgan fingerprint density at radius 3 is 2.83 bits per heavy atom. The van der Waals surface area contributed by atoms with Crippen LogP contribution in [0.25, 0.3) is 0 Å². The van der Waals surface area contributed by atoms with Gasteiger partial charge in [0.15, 0.2) is 0 Å². The van der Waals surface area contributed by atoms with Gasteiger partial charge in [-0.25, -0.2) is 4.39 Å². The molecule has 3 aliphatic rings. The molecule has 1 saturated carbocycles. The third-order valence-corrected chi connectivity index (χ3v) is 5.80. The Labute approximate surface area is 137 Å². The fourth-order valence-corrected chi connectivity index (χ4v) is 4.30. The van der Waals surface area contributed by atoms with Gasteiger partial charge in [-0.05, 0) is 44.2 Å². The molecule has 4 rings (SSSR count). The number of carbonyl (C=O) groups excluding carboxylic acids is 1. The minimum Gasteiger partial charge on any atom is -0.336 e. The zero-order valence-electron chi connectivity index (χ0n) is 13.6. The molecule has 124 valence electrons. The SMILES string of the molecule is O=C1CC2(CCCCN2CC2CC2)CN1Cc1ccccc1F. The van der Waals surface area contributed by atoms with Crippen molar-refractivity contribution in [1.82, 2.24) is 9.80 Å². The molecule has 0 bridgehead atoms. The van der Waals surface area contributed by atoms with E-state index in [2.05, 4.69) is 4.90 Å². The zero-order chi connectivity index (χ0) is 15.9. The van der Waals surface area contributed by atoms with Crippen LogP contribution in [0.15, 0.2) is 24.3 Å². The highest BCUT2D eigenvalue weighted by atomic mass is 19.1. The molecule has 0 N–H and O–H groups in total. The van der Waals surface area contributed by atoms with Crippen molar-refractivity contribution >= 4 is 5.91 Å². The van der Waals surface area contributed by atoms with Crippen molar-refractivity contribution in [1.29, 1.82) is 0 Å². The number of benzene rings is 1. The summed E-state index contributed by atoms with van der Waals surface area (Å²) in [6, 6.07) is 6.81. The van der Waals surface area contributed by atoms with Crippen LogP contribution >= 0.6 is 0 Å². The second-order valence-corrected chi connectivity index (χ2v) is 7.59. The van der Waals surface area contributed by atoms with Crippen molar-refractivity contribution in [2.75, 3.05) is 19.6 Å². The maximum Gasteiger partial charge on any atom is 0.224 e. The van der Waals surface area contributed by atoms with Gasteiger partial charge in [-0.15, -0.1) is 0 Å². The number of nitrogens with zero attached hydrogens (tertiary/aromatic N) is 2. The molecule has 2 heterocycles. The summed E-state index contributed by atoms with van der Waals surface area (Å²) in [6.07, 6.45) is 6.88. The van der Waals surface area contributed by atoms with Crippen molar-refractivity contribution in [3.8, 4) is 0 Å². The van der Waals surface area contributed by atoms with E-state index in [0.717, 1.165) is 32.0 Å². The van der Waals surface area contributed by atoms with Gasteiger partial charge in [-0.3, -0.25) is 9.69 Å². The smallest absolute Gasteiger partial charge is 0.224 e. The lowest BCUT2D eigenvalue weighted by molar-refractivity contribution is -0.128. The molecular weight excluding hydrogens is 291 g/mol. The van der Waals surface area contributed by atoms with Crippen LogP contribution in [0.1, 0.15) is 44.1 Å². The third kappa shape index (κ3) is 3.01. The number of hydrogen-bond donors (Lipinski definition) is 0. The van der Waals surface area contributed by atoms with E-state index in [0.29, 0.717) is 18.5 Å². The number of halogens is 1. The number of likely N-dealkylation sites (tertiary alicyclic amines) is 2. The van der Waals surface area contributed by atoms with Crippen molar-refractivity contribution in [2.45, 2.75) is 50.6 Å². The van der Waals surface area contributed by atoms with Crippen LogP contribution in [-0.4, -0.2) is 40.9 Å². The fraction of sp³-hybridized carbons (Fsp3) is 0.632. The lowest BCUT2D eigenvalue weighted by Crippen LogP contribution is -2.54. The summed E-state index contributed by atoms with van der Waals surface area (Å²) >= 11 is 0. The third-order valence-electron chi connectivity index (χ3n) is 5.80. The van der Waals surface area contributed by atoms with E-state index in [1.165, 1.54) is 31.7 Å². The largest absolute Gasteiger partial charge is 0.336 e. The molecule has 1 atom stereocenters. The summed E-state index contributed by atoms with van der Waals surface area (Å²) in [5.41, 5.74) is 0.644. The number of hydrogen-bond acceptors (Lipinski definition) is 2. The second kappa shape index (κ2) is 5.90. The Morgan fingerprint density at radius 1 is 1.22 bits per heavy atom. The minimum absolute atomic E-state index is 0.0170. The first-order chi connectivity index (χ1) is 11.2. The van der Waals surface area contributed by atoms with Gasteiger partial charge >= 0.3 is 0 Å². The Balaban J connectivity index is 1.50. The summed E-state index contributed by atoms with van der Waals surface area (Å²) < 4.78 is 13.9. The first-order valence-corrected chi connectivity index (χ1v) is 8.93. The van der Waals surface area contributed by atoms with Crippen LogP contribution in [-0.2, 0) is 11.3 Å². The maximum absolute atomic E-state index is 13.9. The summed E-state index contributed by atoms with van der Waals surface area (Å²) in [4.78, 5) is 17.1. The summed E-state index contributed by atoms with van der Waals surface area (Å²) in [6.45, 7) is 3.45.